The molecule has 0 aromatic heterocycles. The number of ether oxygens (including phenoxy) is 1. The summed E-state index contributed by atoms with van der Waals surface area (Å²) in [5, 5.41) is 3.73. The molecule has 0 aliphatic carbocycles. The second-order valence-electron chi connectivity index (χ2n) is 6.66. The Labute approximate surface area is 161 Å². The minimum absolute atomic E-state index is 0.126. The summed E-state index contributed by atoms with van der Waals surface area (Å²) in [6.07, 6.45) is 1.36. The Morgan fingerprint density at radius 1 is 1.08 bits per heavy atom. The topological polar surface area (TPSA) is 38.3 Å². The summed E-state index contributed by atoms with van der Waals surface area (Å²) in [6.45, 7) is 10.4. The molecule has 0 saturated heterocycles. The Balaban J connectivity index is 2.02. The molecule has 2 rings (SSSR count). The average molecular weight is 374 g/mol. The SMILES string of the molecule is CCc1ccc(CC)c(CNC(=O)C(C)Oc2cc(C)c(Cl)c(C)c2)c1. The highest BCUT2D eigenvalue weighted by Crippen LogP contribution is 2.26. The van der Waals surface area contributed by atoms with E-state index >= 15 is 0 Å². The highest BCUT2D eigenvalue weighted by molar-refractivity contribution is 6.32. The lowest BCUT2D eigenvalue weighted by molar-refractivity contribution is -0.127. The first kappa shape index (κ1) is 20.3. The molecule has 1 unspecified atom stereocenters. The van der Waals surface area contributed by atoms with Crippen LogP contribution in [0.2, 0.25) is 5.02 Å². The fourth-order valence-electron chi connectivity index (χ4n) is 2.97. The third-order valence-electron chi connectivity index (χ3n) is 4.60. The van der Waals surface area contributed by atoms with Crippen molar-refractivity contribution in [3.8, 4) is 5.75 Å². The quantitative estimate of drug-likeness (QED) is 0.727. The van der Waals surface area contributed by atoms with Crippen LogP contribution in [0, 0.1) is 13.8 Å². The molecule has 0 saturated carbocycles. The Morgan fingerprint density at radius 2 is 1.73 bits per heavy atom. The average Bonchev–Trinajstić information content (AvgIpc) is 2.63. The highest BCUT2D eigenvalue weighted by atomic mass is 35.5. The normalized spacial score (nSPS) is 11.9. The number of rotatable bonds is 7. The minimum atomic E-state index is -0.575. The van der Waals surface area contributed by atoms with Gasteiger partial charge in [-0.1, -0.05) is 43.6 Å². The van der Waals surface area contributed by atoms with Gasteiger partial charge in [-0.2, -0.15) is 0 Å². The van der Waals surface area contributed by atoms with E-state index in [0.29, 0.717) is 12.3 Å². The van der Waals surface area contributed by atoms with Crippen LogP contribution < -0.4 is 10.1 Å². The Hall–Kier alpha value is -2.00. The van der Waals surface area contributed by atoms with Crippen LogP contribution in [-0.4, -0.2) is 12.0 Å². The molecule has 0 aliphatic heterocycles. The van der Waals surface area contributed by atoms with Crippen molar-refractivity contribution in [3.63, 3.8) is 0 Å². The third-order valence-corrected chi connectivity index (χ3v) is 5.20. The lowest BCUT2D eigenvalue weighted by Crippen LogP contribution is -2.36. The van der Waals surface area contributed by atoms with E-state index < -0.39 is 6.10 Å². The van der Waals surface area contributed by atoms with Gasteiger partial charge in [0.15, 0.2) is 6.10 Å². The van der Waals surface area contributed by atoms with E-state index in [4.69, 9.17) is 16.3 Å². The van der Waals surface area contributed by atoms with Gasteiger partial charge in [0.2, 0.25) is 0 Å². The van der Waals surface area contributed by atoms with Gasteiger partial charge < -0.3 is 10.1 Å². The predicted molar refractivity (Wildman–Crippen MR) is 108 cm³/mol. The molecule has 140 valence electrons. The van der Waals surface area contributed by atoms with Gasteiger partial charge in [-0.15, -0.1) is 0 Å². The standard InChI is InChI=1S/C22H28ClNO2/c1-6-17-8-9-18(7-2)19(12-17)13-24-22(25)16(5)26-20-10-14(3)21(23)15(4)11-20/h8-12,16H,6-7,13H2,1-5H3,(H,24,25). The van der Waals surface area contributed by atoms with Crippen molar-refractivity contribution in [2.24, 2.45) is 0 Å². The zero-order chi connectivity index (χ0) is 19.3. The zero-order valence-corrected chi connectivity index (χ0v) is 17.0. The molecule has 0 aliphatic rings. The van der Waals surface area contributed by atoms with Crippen molar-refractivity contribution in [1.29, 1.82) is 0 Å². The first-order chi connectivity index (χ1) is 12.3. The molecule has 1 N–H and O–H groups in total. The lowest BCUT2D eigenvalue weighted by atomic mass is 10.0. The first-order valence-electron chi connectivity index (χ1n) is 9.17. The number of aryl methyl sites for hydroxylation is 4. The monoisotopic (exact) mass is 373 g/mol. The Morgan fingerprint density at radius 3 is 2.31 bits per heavy atom. The molecule has 0 spiro atoms. The van der Waals surface area contributed by atoms with E-state index in [2.05, 4.69) is 37.4 Å². The van der Waals surface area contributed by atoms with Gasteiger partial charge in [0.1, 0.15) is 5.75 Å². The van der Waals surface area contributed by atoms with Crippen molar-refractivity contribution >= 4 is 17.5 Å². The van der Waals surface area contributed by atoms with E-state index in [1.54, 1.807) is 6.92 Å². The summed E-state index contributed by atoms with van der Waals surface area (Å²) in [5.74, 6) is 0.536. The van der Waals surface area contributed by atoms with Crippen molar-refractivity contribution in [3.05, 3.63) is 63.2 Å². The minimum Gasteiger partial charge on any atom is -0.481 e. The fraction of sp³-hybridized carbons (Fsp3) is 0.409. The van der Waals surface area contributed by atoms with Gasteiger partial charge in [0, 0.05) is 11.6 Å². The maximum absolute atomic E-state index is 12.4. The molecule has 0 heterocycles. The van der Waals surface area contributed by atoms with Crippen LogP contribution in [0.15, 0.2) is 30.3 Å². The number of halogens is 1. The van der Waals surface area contributed by atoms with Crippen LogP contribution in [0.25, 0.3) is 0 Å². The van der Waals surface area contributed by atoms with Gasteiger partial charge in [0.25, 0.3) is 5.91 Å². The largest absolute Gasteiger partial charge is 0.481 e. The molecule has 2 aromatic carbocycles. The molecule has 0 bridgehead atoms. The summed E-state index contributed by atoms with van der Waals surface area (Å²) in [7, 11) is 0. The molecule has 1 atom stereocenters. The molecule has 1 amide bonds. The number of benzene rings is 2. The van der Waals surface area contributed by atoms with E-state index in [9.17, 15) is 4.79 Å². The number of carbonyl (C=O) groups is 1. The molecule has 0 fully saturated rings. The summed E-state index contributed by atoms with van der Waals surface area (Å²) in [5.41, 5.74) is 5.60. The van der Waals surface area contributed by atoms with Gasteiger partial charge in [0.05, 0.1) is 0 Å². The third kappa shape index (κ3) is 5.01. The number of carbonyl (C=O) groups excluding carboxylic acids is 1. The smallest absolute Gasteiger partial charge is 0.261 e. The van der Waals surface area contributed by atoms with Crippen LogP contribution in [0.5, 0.6) is 5.75 Å². The number of hydrogen-bond acceptors (Lipinski definition) is 2. The summed E-state index contributed by atoms with van der Waals surface area (Å²) in [4.78, 5) is 12.4. The van der Waals surface area contributed by atoms with Crippen LogP contribution in [0.3, 0.4) is 0 Å². The molecular formula is C22H28ClNO2. The van der Waals surface area contributed by atoms with E-state index in [0.717, 1.165) is 29.0 Å². The zero-order valence-electron chi connectivity index (χ0n) is 16.3. The number of hydrogen-bond donors (Lipinski definition) is 1. The molecule has 26 heavy (non-hydrogen) atoms. The Kier molecular flexibility index (Phi) is 7.10. The molecule has 0 radical (unpaired) electrons. The Bertz CT molecular complexity index is 763. The van der Waals surface area contributed by atoms with Gasteiger partial charge >= 0.3 is 0 Å². The summed E-state index contributed by atoms with van der Waals surface area (Å²) < 4.78 is 5.81. The summed E-state index contributed by atoms with van der Waals surface area (Å²) in [6, 6.07) is 10.2. The van der Waals surface area contributed by atoms with Crippen molar-refractivity contribution in [1.82, 2.24) is 5.32 Å². The molecular weight excluding hydrogens is 346 g/mol. The molecule has 2 aromatic rings. The van der Waals surface area contributed by atoms with Gasteiger partial charge in [-0.25, -0.2) is 0 Å². The second-order valence-corrected chi connectivity index (χ2v) is 7.04. The number of nitrogens with one attached hydrogen (secondary N) is 1. The molecule has 3 nitrogen and oxygen atoms in total. The second kappa shape index (κ2) is 9.09. The van der Waals surface area contributed by atoms with E-state index in [1.807, 2.05) is 26.0 Å². The van der Waals surface area contributed by atoms with Crippen molar-refractivity contribution in [2.75, 3.05) is 0 Å². The highest BCUT2D eigenvalue weighted by Gasteiger charge is 2.16. The van der Waals surface area contributed by atoms with Crippen molar-refractivity contribution < 1.29 is 9.53 Å². The van der Waals surface area contributed by atoms with Crippen LogP contribution >= 0.6 is 11.6 Å². The van der Waals surface area contributed by atoms with Crippen LogP contribution in [0.1, 0.15) is 48.6 Å². The van der Waals surface area contributed by atoms with Crippen molar-refractivity contribution in [2.45, 2.75) is 60.1 Å². The molecule has 4 heteroatoms. The van der Waals surface area contributed by atoms with E-state index in [-0.39, 0.29) is 5.91 Å². The predicted octanol–water partition coefficient (Wildman–Crippen LogP) is 5.17. The van der Waals surface area contributed by atoms with Gasteiger partial charge in [-0.3, -0.25) is 4.79 Å². The first-order valence-corrected chi connectivity index (χ1v) is 9.55. The lowest BCUT2D eigenvalue weighted by Gasteiger charge is -2.17. The number of amides is 1. The summed E-state index contributed by atoms with van der Waals surface area (Å²) >= 11 is 6.18. The maximum atomic E-state index is 12.4. The van der Waals surface area contributed by atoms with Gasteiger partial charge in [-0.05, 0) is 73.6 Å². The fourth-order valence-corrected chi connectivity index (χ4v) is 3.08. The van der Waals surface area contributed by atoms with E-state index in [1.165, 1.54) is 16.7 Å². The van der Waals surface area contributed by atoms with Crippen LogP contribution in [0.4, 0.5) is 0 Å². The van der Waals surface area contributed by atoms with Crippen LogP contribution in [-0.2, 0) is 24.2 Å². The maximum Gasteiger partial charge on any atom is 0.261 e.